The molecule has 1 atom stereocenters. The maximum absolute atomic E-state index is 4.20. The van der Waals surface area contributed by atoms with Crippen molar-refractivity contribution in [2.45, 2.75) is 51.6 Å². The molecule has 3 nitrogen and oxygen atoms in total. The predicted molar refractivity (Wildman–Crippen MR) is 61.9 cm³/mol. The molecule has 1 unspecified atom stereocenters. The highest BCUT2D eigenvalue weighted by Gasteiger charge is 2.12. The van der Waals surface area contributed by atoms with Gasteiger partial charge >= 0.3 is 0 Å². The van der Waals surface area contributed by atoms with Gasteiger partial charge in [0.1, 0.15) is 0 Å². The normalized spacial score (nSPS) is 21.8. The van der Waals surface area contributed by atoms with Crippen molar-refractivity contribution in [2.24, 2.45) is 0 Å². The van der Waals surface area contributed by atoms with Crippen LogP contribution in [-0.4, -0.2) is 22.1 Å². The van der Waals surface area contributed by atoms with E-state index in [0.29, 0.717) is 0 Å². The summed E-state index contributed by atoms with van der Waals surface area (Å²) < 4.78 is 2.24. The summed E-state index contributed by atoms with van der Waals surface area (Å²) in [4.78, 5) is 4.20. The Balaban J connectivity index is 1.81. The zero-order valence-electron chi connectivity index (χ0n) is 9.58. The van der Waals surface area contributed by atoms with Crippen LogP contribution in [-0.2, 0) is 13.0 Å². The molecule has 1 N–H and O–H groups in total. The zero-order valence-corrected chi connectivity index (χ0v) is 9.58. The third-order valence-corrected chi connectivity index (χ3v) is 3.30. The van der Waals surface area contributed by atoms with Crippen LogP contribution >= 0.6 is 0 Å². The average Bonchev–Trinajstić information content (AvgIpc) is 2.75. The Kier molecular flexibility index (Phi) is 3.78. The lowest BCUT2D eigenvalue weighted by Crippen LogP contribution is -2.34. The van der Waals surface area contributed by atoms with Gasteiger partial charge in [0.05, 0.1) is 6.33 Å². The molecule has 0 amide bonds. The fourth-order valence-corrected chi connectivity index (χ4v) is 2.33. The van der Waals surface area contributed by atoms with E-state index in [0.717, 1.165) is 19.0 Å². The molecule has 1 aliphatic rings. The molecule has 1 aromatic heterocycles. The van der Waals surface area contributed by atoms with E-state index < -0.39 is 0 Å². The molecule has 0 aliphatic carbocycles. The van der Waals surface area contributed by atoms with E-state index in [1.165, 1.54) is 37.9 Å². The molecular weight excluding hydrogens is 186 g/mol. The SMILES string of the molecule is CCn1cncc1CCC1CCCCN1. The minimum atomic E-state index is 0.735. The van der Waals surface area contributed by atoms with Gasteiger partial charge in [-0.25, -0.2) is 4.98 Å². The second-order valence-electron chi connectivity index (χ2n) is 4.36. The fraction of sp³-hybridized carbons (Fsp3) is 0.750. The topological polar surface area (TPSA) is 29.9 Å². The molecule has 0 saturated carbocycles. The standard InChI is InChI=1S/C12H21N3/c1-2-15-10-13-9-12(15)7-6-11-5-3-4-8-14-11/h9-11,14H,2-8H2,1H3. The Bertz CT molecular complexity index is 287. The smallest absolute Gasteiger partial charge is 0.0948 e. The fourth-order valence-electron chi connectivity index (χ4n) is 2.33. The molecule has 1 saturated heterocycles. The van der Waals surface area contributed by atoms with Crippen LogP contribution in [0.3, 0.4) is 0 Å². The highest BCUT2D eigenvalue weighted by molar-refractivity contribution is 4.99. The van der Waals surface area contributed by atoms with Crippen molar-refractivity contribution in [2.75, 3.05) is 6.54 Å². The number of rotatable bonds is 4. The zero-order chi connectivity index (χ0) is 10.5. The van der Waals surface area contributed by atoms with Crippen LogP contribution in [0.1, 0.15) is 38.3 Å². The van der Waals surface area contributed by atoms with E-state index in [9.17, 15) is 0 Å². The third kappa shape index (κ3) is 2.81. The van der Waals surface area contributed by atoms with E-state index >= 15 is 0 Å². The average molecular weight is 207 g/mol. The van der Waals surface area contributed by atoms with Crippen molar-refractivity contribution < 1.29 is 0 Å². The Labute approximate surface area is 91.9 Å². The molecule has 0 bridgehead atoms. The summed E-state index contributed by atoms with van der Waals surface area (Å²) in [6.07, 6.45) is 10.4. The third-order valence-electron chi connectivity index (χ3n) is 3.30. The van der Waals surface area contributed by atoms with Crippen LogP contribution in [0.4, 0.5) is 0 Å². The molecule has 3 heteroatoms. The molecule has 1 fully saturated rings. The van der Waals surface area contributed by atoms with Crippen molar-refractivity contribution in [3.05, 3.63) is 18.2 Å². The van der Waals surface area contributed by atoms with Crippen LogP contribution in [0.5, 0.6) is 0 Å². The van der Waals surface area contributed by atoms with Crippen molar-refractivity contribution in [3.8, 4) is 0 Å². The maximum Gasteiger partial charge on any atom is 0.0948 e. The van der Waals surface area contributed by atoms with Crippen molar-refractivity contribution in [1.29, 1.82) is 0 Å². The van der Waals surface area contributed by atoms with Crippen molar-refractivity contribution in [3.63, 3.8) is 0 Å². The van der Waals surface area contributed by atoms with E-state index in [1.807, 2.05) is 12.5 Å². The first-order valence-corrected chi connectivity index (χ1v) is 6.12. The lowest BCUT2D eigenvalue weighted by molar-refractivity contribution is 0.380. The van der Waals surface area contributed by atoms with E-state index in [4.69, 9.17) is 0 Å². The number of piperidine rings is 1. The number of hydrogen-bond donors (Lipinski definition) is 1. The van der Waals surface area contributed by atoms with Crippen molar-refractivity contribution in [1.82, 2.24) is 14.9 Å². The minimum absolute atomic E-state index is 0.735. The van der Waals surface area contributed by atoms with Gasteiger partial charge < -0.3 is 9.88 Å². The molecule has 84 valence electrons. The van der Waals surface area contributed by atoms with Crippen LogP contribution in [0.25, 0.3) is 0 Å². The number of nitrogens with zero attached hydrogens (tertiary/aromatic N) is 2. The highest BCUT2D eigenvalue weighted by atomic mass is 15.0. The molecule has 0 aromatic carbocycles. The number of aromatic nitrogens is 2. The maximum atomic E-state index is 4.20. The first-order chi connectivity index (χ1) is 7.40. The lowest BCUT2D eigenvalue weighted by Gasteiger charge is -2.23. The molecule has 1 aromatic rings. The monoisotopic (exact) mass is 207 g/mol. The van der Waals surface area contributed by atoms with Crippen LogP contribution in [0.2, 0.25) is 0 Å². The molecule has 2 rings (SSSR count). The van der Waals surface area contributed by atoms with Crippen LogP contribution in [0.15, 0.2) is 12.5 Å². The second kappa shape index (κ2) is 5.31. The van der Waals surface area contributed by atoms with E-state index in [2.05, 4.69) is 21.8 Å². The van der Waals surface area contributed by atoms with Gasteiger partial charge in [0.25, 0.3) is 0 Å². The van der Waals surface area contributed by atoms with Gasteiger partial charge in [-0.3, -0.25) is 0 Å². The second-order valence-corrected chi connectivity index (χ2v) is 4.36. The number of hydrogen-bond acceptors (Lipinski definition) is 2. The summed E-state index contributed by atoms with van der Waals surface area (Å²) in [6, 6.07) is 0.735. The summed E-state index contributed by atoms with van der Waals surface area (Å²) in [5.41, 5.74) is 1.38. The molecule has 0 radical (unpaired) electrons. The van der Waals surface area contributed by atoms with Gasteiger partial charge in [-0.15, -0.1) is 0 Å². The number of nitrogens with one attached hydrogen (secondary N) is 1. The van der Waals surface area contributed by atoms with Crippen molar-refractivity contribution >= 4 is 0 Å². The van der Waals surface area contributed by atoms with Gasteiger partial charge in [0.2, 0.25) is 0 Å². The number of imidazole rings is 1. The molecule has 15 heavy (non-hydrogen) atoms. The summed E-state index contributed by atoms with van der Waals surface area (Å²) in [5, 5.41) is 3.59. The van der Waals surface area contributed by atoms with Gasteiger partial charge in [-0.1, -0.05) is 6.42 Å². The lowest BCUT2D eigenvalue weighted by atomic mass is 10.00. The van der Waals surface area contributed by atoms with Gasteiger partial charge in [-0.2, -0.15) is 0 Å². The largest absolute Gasteiger partial charge is 0.335 e. The predicted octanol–water partition coefficient (Wildman–Crippen LogP) is 1.98. The molecular formula is C12H21N3. The Morgan fingerprint density at radius 3 is 3.20 bits per heavy atom. The number of aryl methyl sites for hydroxylation is 2. The summed E-state index contributed by atoms with van der Waals surface area (Å²) in [6.45, 7) is 4.41. The Morgan fingerprint density at radius 1 is 1.53 bits per heavy atom. The minimum Gasteiger partial charge on any atom is -0.335 e. The summed E-state index contributed by atoms with van der Waals surface area (Å²) in [7, 11) is 0. The van der Waals surface area contributed by atoms with E-state index in [-0.39, 0.29) is 0 Å². The van der Waals surface area contributed by atoms with Crippen LogP contribution in [0, 0.1) is 0 Å². The van der Waals surface area contributed by atoms with Gasteiger partial charge in [0, 0.05) is 24.5 Å². The first-order valence-electron chi connectivity index (χ1n) is 6.12. The molecule has 1 aliphatic heterocycles. The molecule has 0 spiro atoms. The van der Waals surface area contributed by atoms with Gasteiger partial charge in [-0.05, 0) is 39.2 Å². The van der Waals surface area contributed by atoms with E-state index in [1.54, 1.807) is 0 Å². The summed E-state index contributed by atoms with van der Waals surface area (Å²) in [5.74, 6) is 0. The highest BCUT2D eigenvalue weighted by Crippen LogP contribution is 2.13. The van der Waals surface area contributed by atoms with Gasteiger partial charge in [0.15, 0.2) is 0 Å². The first kappa shape index (κ1) is 10.7. The van der Waals surface area contributed by atoms with Crippen LogP contribution < -0.4 is 5.32 Å². The summed E-state index contributed by atoms with van der Waals surface area (Å²) >= 11 is 0. The Morgan fingerprint density at radius 2 is 2.47 bits per heavy atom. The molecule has 2 heterocycles. The Hall–Kier alpha value is -0.830. The quantitative estimate of drug-likeness (QED) is 0.818.